The third kappa shape index (κ3) is 4.29. The van der Waals surface area contributed by atoms with Gasteiger partial charge in [0.2, 0.25) is 15.9 Å². The third-order valence-electron chi connectivity index (χ3n) is 5.97. The van der Waals surface area contributed by atoms with Crippen LogP contribution in [0.2, 0.25) is 5.02 Å². The summed E-state index contributed by atoms with van der Waals surface area (Å²) < 4.78 is 28.2. The van der Waals surface area contributed by atoms with Crippen LogP contribution in [-0.4, -0.2) is 43.8 Å². The van der Waals surface area contributed by atoms with Crippen LogP contribution in [0.15, 0.2) is 64.2 Å². The Morgan fingerprint density at radius 3 is 2.58 bits per heavy atom. The molecule has 3 heterocycles. The van der Waals surface area contributed by atoms with Crippen molar-refractivity contribution in [2.45, 2.75) is 29.8 Å². The molecule has 0 spiro atoms. The van der Waals surface area contributed by atoms with Crippen LogP contribution < -0.4 is 10.0 Å². The van der Waals surface area contributed by atoms with Crippen molar-refractivity contribution in [3.63, 3.8) is 0 Å². The Morgan fingerprint density at radius 1 is 1.06 bits per heavy atom. The predicted molar refractivity (Wildman–Crippen MR) is 128 cm³/mol. The molecule has 1 fully saturated rings. The van der Waals surface area contributed by atoms with Crippen LogP contribution in [0.3, 0.4) is 0 Å². The van der Waals surface area contributed by atoms with E-state index in [2.05, 4.69) is 10.0 Å². The first-order valence-electron chi connectivity index (χ1n) is 10.4. The quantitative estimate of drug-likeness (QED) is 0.565. The van der Waals surface area contributed by atoms with Crippen molar-refractivity contribution < 1.29 is 18.0 Å². The van der Waals surface area contributed by atoms with E-state index < -0.39 is 22.1 Å². The van der Waals surface area contributed by atoms with Crippen LogP contribution in [0, 0.1) is 0 Å². The number of carbonyl (C=O) groups is 2. The van der Waals surface area contributed by atoms with Crippen molar-refractivity contribution in [3.8, 4) is 11.1 Å². The van der Waals surface area contributed by atoms with Crippen LogP contribution in [0.4, 0.5) is 5.69 Å². The van der Waals surface area contributed by atoms with Crippen LogP contribution in [-0.2, 0) is 14.8 Å². The number of fused-ring (bicyclic) bond motifs is 2. The second kappa shape index (κ2) is 8.57. The Hall–Kier alpha value is -2.72. The zero-order valence-electron chi connectivity index (χ0n) is 17.3. The zero-order valence-corrected chi connectivity index (χ0v) is 19.7. The molecule has 10 heteroatoms. The molecule has 7 nitrogen and oxygen atoms in total. The Morgan fingerprint density at radius 2 is 1.85 bits per heavy atom. The summed E-state index contributed by atoms with van der Waals surface area (Å²) in [6.45, 7) is 0.271. The highest BCUT2D eigenvalue weighted by molar-refractivity contribution is 7.89. The van der Waals surface area contributed by atoms with Gasteiger partial charge < -0.3 is 10.2 Å². The van der Waals surface area contributed by atoms with Gasteiger partial charge in [0.15, 0.2) is 0 Å². The topological polar surface area (TPSA) is 95.6 Å². The highest BCUT2D eigenvalue weighted by Gasteiger charge is 2.41. The van der Waals surface area contributed by atoms with Crippen LogP contribution in [0.1, 0.15) is 23.2 Å². The van der Waals surface area contributed by atoms with Gasteiger partial charge in [-0.05, 0) is 77.2 Å². The highest BCUT2D eigenvalue weighted by Crippen LogP contribution is 2.32. The monoisotopic (exact) mass is 501 g/mol. The molecular weight excluding hydrogens is 482 g/mol. The van der Waals surface area contributed by atoms with E-state index in [-0.39, 0.29) is 29.7 Å². The standard InChI is InChI=1S/C23H20ClN3O4S2/c24-16-2-4-18(5-3-16)33(30,31)26-17-7-9-27-21(12-17)22(28)25-20-6-1-14(11-19(20)23(27)29)15-8-10-32-13-15/h1-6,8,10-11,13,17,21,26H,7,9,12H2,(H,25,28)/t17-,21-/m0/s1. The molecule has 0 saturated carbocycles. The summed E-state index contributed by atoms with van der Waals surface area (Å²) in [6, 6.07) is 12.1. The normalized spacial score (nSPS) is 20.6. The second-order valence-corrected chi connectivity index (χ2v) is 11.0. The molecule has 2 amide bonds. The lowest BCUT2D eigenvalue weighted by molar-refractivity contribution is -0.121. The van der Waals surface area contributed by atoms with Crippen molar-refractivity contribution in [3.05, 3.63) is 69.9 Å². The number of anilines is 1. The molecule has 2 aromatic carbocycles. The molecule has 5 rings (SSSR count). The average Bonchev–Trinajstić information content (AvgIpc) is 3.31. The molecular formula is C23H20ClN3O4S2. The molecule has 1 saturated heterocycles. The van der Waals surface area contributed by atoms with Gasteiger partial charge in [0.25, 0.3) is 5.91 Å². The number of benzene rings is 2. The highest BCUT2D eigenvalue weighted by atomic mass is 35.5. The van der Waals surface area contributed by atoms with E-state index in [0.717, 1.165) is 11.1 Å². The minimum absolute atomic E-state index is 0.101. The van der Waals surface area contributed by atoms with Gasteiger partial charge in [0.05, 0.1) is 16.1 Å². The summed E-state index contributed by atoms with van der Waals surface area (Å²) in [5.41, 5.74) is 2.83. The number of hydrogen-bond acceptors (Lipinski definition) is 5. The molecule has 2 aliphatic rings. The molecule has 2 aliphatic heterocycles. The maximum absolute atomic E-state index is 13.4. The second-order valence-electron chi connectivity index (χ2n) is 8.07. The van der Waals surface area contributed by atoms with Gasteiger partial charge in [0.1, 0.15) is 6.04 Å². The molecule has 0 bridgehead atoms. The number of halogens is 1. The number of hydrogen-bond donors (Lipinski definition) is 2. The Balaban J connectivity index is 1.38. The zero-order chi connectivity index (χ0) is 23.2. The molecule has 0 unspecified atom stereocenters. The van der Waals surface area contributed by atoms with Crippen molar-refractivity contribution in [1.82, 2.24) is 9.62 Å². The van der Waals surface area contributed by atoms with Crippen molar-refractivity contribution in [1.29, 1.82) is 0 Å². The smallest absolute Gasteiger partial charge is 0.256 e. The summed E-state index contributed by atoms with van der Waals surface area (Å²) in [5.74, 6) is -0.551. The lowest BCUT2D eigenvalue weighted by Gasteiger charge is -2.37. The van der Waals surface area contributed by atoms with E-state index in [9.17, 15) is 18.0 Å². The van der Waals surface area contributed by atoms with Gasteiger partial charge in [-0.2, -0.15) is 11.3 Å². The molecule has 0 aliphatic carbocycles. The fourth-order valence-electron chi connectivity index (χ4n) is 4.27. The van der Waals surface area contributed by atoms with Crippen LogP contribution in [0.25, 0.3) is 11.1 Å². The largest absolute Gasteiger partial charge is 0.326 e. The number of nitrogens with zero attached hydrogens (tertiary/aromatic N) is 1. The molecule has 33 heavy (non-hydrogen) atoms. The lowest BCUT2D eigenvalue weighted by Crippen LogP contribution is -2.54. The Bertz CT molecular complexity index is 1320. The van der Waals surface area contributed by atoms with E-state index in [1.165, 1.54) is 24.3 Å². The van der Waals surface area contributed by atoms with Gasteiger partial charge >= 0.3 is 0 Å². The van der Waals surface area contributed by atoms with E-state index >= 15 is 0 Å². The molecule has 2 atom stereocenters. The van der Waals surface area contributed by atoms with Crippen molar-refractivity contribution in [2.75, 3.05) is 11.9 Å². The van der Waals surface area contributed by atoms with E-state index in [1.54, 1.807) is 28.4 Å². The average molecular weight is 502 g/mol. The summed E-state index contributed by atoms with van der Waals surface area (Å²) >= 11 is 7.43. The summed E-state index contributed by atoms with van der Waals surface area (Å²) in [5, 5.41) is 7.27. The number of rotatable bonds is 4. The summed E-state index contributed by atoms with van der Waals surface area (Å²) in [4.78, 5) is 28.0. The number of carbonyl (C=O) groups excluding carboxylic acids is 2. The molecule has 3 aromatic rings. The van der Waals surface area contributed by atoms with Gasteiger partial charge in [-0.3, -0.25) is 9.59 Å². The van der Waals surface area contributed by atoms with Crippen LogP contribution >= 0.6 is 22.9 Å². The first-order valence-corrected chi connectivity index (χ1v) is 13.2. The molecule has 1 aromatic heterocycles. The Kier molecular flexibility index (Phi) is 5.74. The van der Waals surface area contributed by atoms with E-state index in [4.69, 9.17) is 11.6 Å². The maximum atomic E-state index is 13.4. The Labute approximate surface area is 200 Å². The third-order valence-corrected chi connectivity index (χ3v) is 8.45. The molecule has 2 N–H and O–H groups in total. The van der Waals surface area contributed by atoms with E-state index in [0.29, 0.717) is 22.7 Å². The van der Waals surface area contributed by atoms with Crippen LogP contribution in [0.5, 0.6) is 0 Å². The fourth-order valence-corrected chi connectivity index (χ4v) is 6.35. The maximum Gasteiger partial charge on any atom is 0.256 e. The van der Waals surface area contributed by atoms with Gasteiger partial charge in [0, 0.05) is 17.6 Å². The number of amides is 2. The van der Waals surface area contributed by atoms with Crippen molar-refractivity contribution >= 4 is 50.5 Å². The lowest BCUT2D eigenvalue weighted by atomic mass is 9.97. The first kappa shape index (κ1) is 22.1. The minimum Gasteiger partial charge on any atom is -0.326 e. The molecule has 170 valence electrons. The van der Waals surface area contributed by atoms with Gasteiger partial charge in [-0.25, -0.2) is 13.1 Å². The van der Waals surface area contributed by atoms with Gasteiger partial charge in [-0.1, -0.05) is 17.7 Å². The first-order chi connectivity index (χ1) is 15.8. The fraction of sp³-hybridized carbons (Fsp3) is 0.217. The van der Waals surface area contributed by atoms with Gasteiger partial charge in [-0.15, -0.1) is 0 Å². The number of thiophene rings is 1. The minimum atomic E-state index is -3.78. The predicted octanol–water partition coefficient (Wildman–Crippen LogP) is 3.97. The summed E-state index contributed by atoms with van der Waals surface area (Å²) in [7, 11) is -3.78. The van der Waals surface area contributed by atoms with E-state index in [1.807, 2.05) is 22.9 Å². The summed E-state index contributed by atoms with van der Waals surface area (Å²) in [6.07, 6.45) is 0.595. The van der Waals surface area contributed by atoms with Crippen molar-refractivity contribution in [2.24, 2.45) is 0 Å². The number of piperidine rings is 1. The molecule has 0 radical (unpaired) electrons. The SMILES string of the molecule is O=C1Nc2ccc(-c3ccsc3)cc2C(=O)N2CC[C@H](NS(=O)(=O)c3ccc(Cl)cc3)C[C@@H]12. The number of nitrogens with one attached hydrogen (secondary N) is 2. The number of sulfonamides is 1.